The van der Waals surface area contributed by atoms with Gasteiger partial charge in [-0.2, -0.15) is 0 Å². The maximum atomic E-state index is 6.26. The Morgan fingerprint density at radius 1 is 1.00 bits per heavy atom. The molecule has 1 aromatic carbocycles. The first kappa shape index (κ1) is 14.8. The molecule has 1 heterocycles. The van der Waals surface area contributed by atoms with E-state index in [1.54, 1.807) is 0 Å². The van der Waals surface area contributed by atoms with E-state index >= 15 is 0 Å². The highest BCUT2D eigenvalue weighted by atomic mass is 35.5. The highest BCUT2D eigenvalue weighted by Gasteiger charge is 2.10. The van der Waals surface area contributed by atoms with E-state index < -0.39 is 0 Å². The Balaban J connectivity index is 2.16. The first-order valence-corrected chi connectivity index (χ1v) is 7.09. The average molecular weight is 290 g/mol. The molecule has 0 aliphatic rings. The summed E-state index contributed by atoms with van der Waals surface area (Å²) >= 11 is 6.26. The lowest BCUT2D eigenvalue weighted by molar-refractivity contribution is 0.412. The van der Waals surface area contributed by atoms with Crippen LogP contribution in [0.25, 0.3) is 0 Å². The van der Waals surface area contributed by atoms with Crippen molar-refractivity contribution in [2.45, 2.75) is 6.54 Å². The summed E-state index contributed by atoms with van der Waals surface area (Å²) < 4.78 is 0. The fourth-order valence-corrected chi connectivity index (χ4v) is 2.16. The maximum Gasteiger partial charge on any atom is 0.128 e. The van der Waals surface area contributed by atoms with E-state index in [0.29, 0.717) is 0 Å². The molecule has 0 aliphatic heterocycles. The number of aromatic nitrogens is 1. The van der Waals surface area contributed by atoms with Gasteiger partial charge < -0.3 is 9.80 Å². The van der Waals surface area contributed by atoms with Gasteiger partial charge in [0.2, 0.25) is 0 Å². The molecule has 20 heavy (non-hydrogen) atoms. The van der Waals surface area contributed by atoms with Gasteiger partial charge in [0.1, 0.15) is 5.82 Å². The number of likely N-dealkylation sites (N-methyl/N-ethyl adjacent to an activating group) is 1. The standard InChI is InChI=1S/C16H20ClN3/c1-19(2)11-12-20(16-9-5-6-10-18-16)13-14-7-3-4-8-15(14)17/h3-10H,11-13H2,1-2H3. The molecule has 0 N–H and O–H groups in total. The summed E-state index contributed by atoms with van der Waals surface area (Å²) in [5.74, 6) is 0.981. The Kier molecular flexibility index (Phi) is 5.39. The number of rotatable bonds is 6. The lowest BCUT2D eigenvalue weighted by atomic mass is 10.2. The Bertz CT molecular complexity index is 528. The molecule has 0 unspecified atom stereocenters. The molecule has 0 saturated carbocycles. The van der Waals surface area contributed by atoms with Crippen molar-refractivity contribution in [1.29, 1.82) is 0 Å². The summed E-state index contributed by atoms with van der Waals surface area (Å²) in [5.41, 5.74) is 1.12. The van der Waals surface area contributed by atoms with E-state index in [9.17, 15) is 0 Å². The van der Waals surface area contributed by atoms with Gasteiger partial charge >= 0.3 is 0 Å². The minimum absolute atomic E-state index is 0.768. The normalized spacial score (nSPS) is 10.8. The number of benzene rings is 1. The van der Waals surface area contributed by atoms with Gasteiger partial charge in [-0.25, -0.2) is 4.98 Å². The first-order valence-electron chi connectivity index (χ1n) is 6.71. The predicted octanol–water partition coefficient (Wildman–Crippen LogP) is 3.30. The van der Waals surface area contributed by atoms with Crippen molar-refractivity contribution in [3.8, 4) is 0 Å². The minimum Gasteiger partial charge on any atom is -0.351 e. The quantitative estimate of drug-likeness (QED) is 0.813. The van der Waals surface area contributed by atoms with Crippen LogP contribution >= 0.6 is 11.6 Å². The van der Waals surface area contributed by atoms with Gasteiger partial charge in [-0.1, -0.05) is 35.9 Å². The molecule has 0 saturated heterocycles. The van der Waals surface area contributed by atoms with Crippen LogP contribution in [-0.2, 0) is 6.54 Å². The Hall–Kier alpha value is -1.58. The fourth-order valence-electron chi connectivity index (χ4n) is 1.97. The highest BCUT2D eigenvalue weighted by molar-refractivity contribution is 6.31. The number of nitrogens with zero attached hydrogens (tertiary/aromatic N) is 3. The summed E-state index contributed by atoms with van der Waals surface area (Å²) in [7, 11) is 4.15. The predicted molar refractivity (Wildman–Crippen MR) is 85.3 cm³/mol. The smallest absolute Gasteiger partial charge is 0.128 e. The van der Waals surface area contributed by atoms with E-state index in [1.807, 2.05) is 42.6 Å². The van der Waals surface area contributed by atoms with Crippen LogP contribution in [-0.4, -0.2) is 37.1 Å². The van der Waals surface area contributed by atoms with Crippen LogP contribution in [0, 0.1) is 0 Å². The van der Waals surface area contributed by atoms with E-state index in [2.05, 4.69) is 34.9 Å². The van der Waals surface area contributed by atoms with Gasteiger partial charge in [-0.15, -0.1) is 0 Å². The molecule has 106 valence electrons. The van der Waals surface area contributed by atoms with Crippen LogP contribution in [0.2, 0.25) is 5.02 Å². The van der Waals surface area contributed by atoms with Crippen molar-refractivity contribution in [1.82, 2.24) is 9.88 Å². The van der Waals surface area contributed by atoms with Crippen LogP contribution < -0.4 is 4.90 Å². The molecule has 0 spiro atoms. The second-order valence-corrected chi connectivity index (χ2v) is 5.41. The molecule has 4 heteroatoms. The summed E-state index contributed by atoms with van der Waals surface area (Å²) in [6, 6.07) is 13.9. The second kappa shape index (κ2) is 7.27. The lowest BCUT2D eigenvalue weighted by Crippen LogP contribution is -2.32. The van der Waals surface area contributed by atoms with Crippen molar-refractivity contribution in [2.24, 2.45) is 0 Å². The minimum atomic E-state index is 0.768. The van der Waals surface area contributed by atoms with Gasteiger partial charge in [-0.05, 0) is 37.9 Å². The number of hydrogen-bond acceptors (Lipinski definition) is 3. The third-order valence-electron chi connectivity index (χ3n) is 3.11. The van der Waals surface area contributed by atoms with Crippen LogP contribution in [0.3, 0.4) is 0 Å². The first-order chi connectivity index (χ1) is 9.66. The molecule has 1 aromatic heterocycles. The van der Waals surface area contributed by atoms with Crippen LogP contribution in [0.4, 0.5) is 5.82 Å². The van der Waals surface area contributed by atoms with Crippen molar-refractivity contribution < 1.29 is 0 Å². The fraction of sp³-hybridized carbons (Fsp3) is 0.312. The summed E-state index contributed by atoms with van der Waals surface area (Å²) in [4.78, 5) is 8.87. The molecular formula is C16H20ClN3. The van der Waals surface area contributed by atoms with Gasteiger partial charge in [0.15, 0.2) is 0 Å². The SMILES string of the molecule is CN(C)CCN(Cc1ccccc1Cl)c1ccccn1. The molecular weight excluding hydrogens is 270 g/mol. The molecule has 0 aliphatic carbocycles. The highest BCUT2D eigenvalue weighted by Crippen LogP contribution is 2.20. The molecule has 0 bridgehead atoms. The molecule has 2 aromatic rings. The van der Waals surface area contributed by atoms with Gasteiger partial charge in [-0.3, -0.25) is 0 Å². The van der Waals surface area contributed by atoms with Crippen LogP contribution in [0.1, 0.15) is 5.56 Å². The monoisotopic (exact) mass is 289 g/mol. The zero-order valence-corrected chi connectivity index (χ0v) is 12.7. The van der Waals surface area contributed by atoms with Gasteiger partial charge in [0.25, 0.3) is 0 Å². The Morgan fingerprint density at radius 2 is 1.75 bits per heavy atom. The lowest BCUT2D eigenvalue weighted by Gasteiger charge is -2.25. The number of hydrogen-bond donors (Lipinski definition) is 0. The van der Waals surface area contributed by atoms with Crippen molar-refractivity contribution in [3.63, 3.8) is 0 Å². The van der Waals surface area contributed by atoms with E-state index in [-0.39, 0.29) is 0 Å². The summed E-state index contributed by atoms with van der Waals surface area (Å²) in [6.45, 7) is 2.65. The number of anilines is 1. The Morgan fingerprint density at radius 3 is 2.40 bits per heavy atom. The zero-order valence-electron chi connectivity index (χ0n) is 12.0. The molecule has 0 radical (unpaired) electrons. The van der Waals surface area contributed by atoms with Crippen molar-refractivity contribution in [2.75, 3.05) is 32.1 Å². The van der Waals surface area contributed by atoms with Crippen molar-refractivity contribution >= 4 is 17.4 Å². The van der Waals surface area contributed by atoms with E-state index in [4.69, 9.17) is 11.6 Å². The molecule has 3 nitrogen and oxygen atoms in total. The van der Waals surface area contributed by atoms with Crippen LogP contribution in [0.15, 0.2) is 48.7 Å². The second-order valence-electron chi connectivity index (χ2n) is 5.00. The van der Waals surface area contributed by atoms with E-state index in [1.165, 1.54) is 0 Å². The number of pyridine rings is 1. The molecule has 0 atom stereocenters. The maximum absolute atomic E-state index is 6.26. The average Bonchev–Trinajstić information content (AvgIpc) is 2.46. The molecule has 2 rings (SSSR count). The third-order valence-corrected chi connectivity index (χ3v) is 3.48. The van der Waals surface area contributed by atoms with Crippen LogP contribution in [0.5, 0.6) is 0 Å². The van der Waals surface area contributed by atoms with Crippen molar-refractivity contribution in [3.05, 3.63) is 59.2 Å². The molecule has 0 amide bonds. The third kappa shape index (κ3) is 4.22. The summed E-state index contributed by atoms with van der Waals surface area (Å²) in [5, 5.41) is 0.804. The van der Waals surface area contributed by atoms with Gasteiger partial charge in [0.05, 0.1) is 0 Å². The van der Waals surface area contributed by atoms with Gasteiger partial charge in [0, 0.05) is 30.9 Å². The van der Waals surface area contributed by atoms with E-state index in [0.717, 1.165) is 36.0 Å². The topological polar surface area (TPSA) is 19.4 Å². The molecule has 0 fully saturated rings. The summed E-state index contributed by atoms with van der Waals surface area (Å²) in [6.07, 6.45) is 1.82. The zero-order chi connectivity index (χ0) is 14.4. The Labute approximate surface area is 125 Å². The largest absolute Gasteiger partial charge is 0.351 e. The number of halogens is 1.